The summed E-state index contributed by atoms with van der Waals surface area (Å²) in [6.07, 6.45) is -0.280. The molecule has 0 aliphatic rings. The standard InChI is InChI=1S/C32H29BrO3S/c1-18-15-23(16-19(2)30(18)36-26(32(34)35-5)17-22-11-7-6-8-12-22)28-24-13-9-10-14-25(24)29(33)31-27(28)20(3)21(4)37-31/h6-16,26H,17H2,1-5H3/t26-/m0/s1. The van der Waals surface area contributed by atoms with Crippen LogP contribution in [0.4, 0.5) is 0 Å². The summed E-state index contributed by atoms with van der Waals surface area (Å²) in [5.74, 6) is 0.350. The third-order valence-corrected chi connectivity index (χ3v) is 9.32. The van der Waals surface area contributed by atoms with Crippen LogP contribution in [0.15, 0.2) is 71.2 Å². The lowest BCUT2D eigenvalue weighted by Gasteiger charge is -2.21. The molecule has 3 nitrogen and oxygen atoms in total. The van der Waals surface area contributed by atoms with Gasteiger partial charge in [0.2, 0.25) is 0 Å². The van der Waals surface area contributed by atoms with Crippen molar-refractivity contribution >= 4 is 54.1 Å². The van der Waals surface area contributed by atoms with E-state index in [-0.39, 0.29) is 5.97 Å². The highest BCUT2D eigenvalue weighted by molar-refractivity contribution is 9.11. The Hall–Kier alpha value is -3.15. The summed E-state index contributed by atoms with van der Waals surface area (Å²) >= 11 is 5.73. The predicted octanol–water partition coefficient (Wildman–Crippen LogP) is 8.88. The summed E-state index contributed by atoms with van der Waals surface area (Å²) < 4.78 is 13.9. The van der Waals surface area contributed by atoms with Gasteiger partial charge in [-0.1, -0.05) is 54.6 Å². The van der Waals surface area contributed by atoms with Crippen LogP contribution < -0.4 is 4.74 Å². The number of esters is 1. The van der Waals surface area contributed by atoms with E-state index >= 15 is 0 Å². The van der Waals surface area contributed by atoms with E-state index in [9.17, 15) is 4.79 Å². The molecule has 0 N–H and O–H groups in total. The molecule has 0 amide bonds. The van der Waals surface area contributed by atoms with Gasteiger partial charge in [-0.05, 0) is 99.9 Å². The van der Waals surface area contributed by atoms with Gasteiger partial charge in [0.15, 0.2) is 6.10 Å². The van der Waals surface area contributed by atoms with Gasteiger partial charge in [0.25, 0.3) is 0 Å². The predicted molar refractivity (Wildman–Crippen MR) is 158 cm³/mol. The SMILES string of the molecule is COC(=O)[C@H](Cc1ccccc1)Oc1c(C)cc(-c2c3ccccc3c(Br)c3sc(C)c(C)c23)cc1C. The number of hydrogen-bond acceptors (Lipinski definition) is 4. The molecule has 0 bridgehead atoms. The highest BCUT2D eigenvalue weighted by atomic mass is 79.9. The number of aryl methyl sites for hydroxylation is 4. The number of benzene rings is 4. The monoisotopic (exact) mass is 572 g/mol. The summed E-state index contributed by atoms with van der Waals surface area (Å²) in [6, 6.07) is 22.8. The molecule has 0 spiro atoms. The third-order valence-electron chi connectivity index (χ3n) is 7.00. The minimum atomic E-state index is -0.724. The van der Waals surface area contributed by atoms with E-state index in [0.717, 1.165) is 32.5 Å². The molecule has 0 fully saturated rings. The number of carbonyl (C=O) groups is 1. The second-order valence-corrected chi connectivity index (χ2v) is 11.5. The Kier molecular flexibility index (Phi) is 7.11. The van der Waals surface area contributed by atoms with E-state index in [0.29, 0.717) is 6.42 Å². The molecule has 188 valence electrons. The zero-order valence-electron chi connectivity index (χ0n) is 21.6. The first-order valence-electron chi connectivity index (χ1n) is 12.3. The number of ether oxygens (including phenoxy) is 2. The van der Waals surface area contributed by atoms with E-state index in [4.69, 9.17) is 9.47 Å². The molecule has 1 heterocycles. The van der Waals surface area contributed by atoms with Gasteiger partial charge in [0, 0.05) is 21.2 Å². The number of hydrogen-bond donors (Lipinski definition) is 0. The third kappa shape index (κ3) is 4.67. The molecule has 0 radical (unpaired) electrons. The fourth-order valence-corrected chi connectivity index (χ4v) is 6.99. The van der Waals surface area contributed by atoms with Gasteiger partial charge in [0.05, 0.1) is 11.8 Å². The van der Waals surface area contributed by atoms with Crippen molar-refractivity contribution in [3.8, 4) is 16.9 Å². The van der Waals surface area contributed by atoms with Gasteiger partial charge < -0.3 is 9.47 Å². The lowest BCUT2D eigenvalue weighted by Crippen LogP contribution is -2.31. The van der Waals surface area contributed by atoms with Crippen molar-refractivity contribution in [1.29, 1.82) is 0 Å². The van der Waals surface area contributed by atoms with E-state index in [1.54, 1.807) is 0 Å². The van der Waals surface area contributed by atoms with Crippen molar-refractivity contribution < 1.29 is 14.3 Å². The number of fused-ring (bicyclic) bond motifs is 2. The number of halogens is 1. The number of thiophene rings is 1. The maximum atomic E-state index is 12.6. The van der Waals surface area contributed by atoms with Gasteiger partial charge in [-0.3, -0.25) is 0 Å². The number of rotatable bonds is 6. The van der Waals surface area contributed by atoms with Crippen molar-refractivity contribution in [2.24, 2.45) is 0 Å². The van der Waals surface area contributed by atoms with Crippen LogP contribution in [-0.4, -0.2) is 19.2 Å². The topological polar surface area (TPSA) is 35.5 Å². The van der Waals surface area contributed by atoms with Crippen LogP contribution in [0.1, 0.15) is 27.1 Å². The average Bonchev–Trinajstić information content (AvgIpc) is 3.20. The quantitative estimate of drug-likeness (QED) is 0.190. The Morgan fingerprint density at radius 1 is 0.919 bits per heavy atom. The van der Waals surface area contributed by atoms with Crippen molar-refractivity contribution in [2.75, 3.05) is 7.11 Å². The first-order chi connectivity index (χ1) is 17.8. The molecular weight excluding hydrogens is 544 g/mol. The molecule has 0 aliphatic heterocycles. The number of carbonyl (C=O) groups excluding carboxylic acids is 1. The van der Waals surface area contributed by atoms with Crippen LogP contribution in [0, 0.1) is 27.7 Å². The van der Waals surface area contributed by atoms with Crippen LogP contribution in [0.5, 0.6) is 5.75 Å². The highest BCUT2D eigenvalue weighted by Gasteiger charge is 2.25. The molecule has 0 unspecified atom stereocenters. The largest absolute Gasteiger partial charge is 0.478 e. The summed E-state index contributed by atoms with van der Waals surface area (Å²) in [7, 11) is 1.40. The van der Waals surface area contributed by atoms with Gasteiger partial charge in [0.1, 0.15) is 5.75 Å². The minimum Gasteiger partial charge on any atom is -0.478 e. The van der Waals surface area contributed by atoms with Crippen LogP contribution >= 0.6 is 27.3 Å². The maximum Gasteiger partial charge on any atom is 0.347 e. The summed E-state index contributed by atoms with van der Waals surface area (Å²) in [6.45, 7) is 8.49. The summed E-state index contributed by atoms with van der Waals surface area (Å²) in [5, 5.41) is 3.71. The molecule has 1 atom stereocenters. The van der Waals surface area contributed by atoms with E-state index in [1.807, 2.05) is 55.5 Å². The first-order valence-corrected chi connectivity index (χ1v) is 13.9. The van der Waals surface area contributed by atoms with Crippen molar-refractivity contribution in [3.05, 3.63) is 98.3 Å². The fraction of sp³-hybridized carbons (Fsp3) is 0.219. The van der Waals surface area contributed by atoms with Gasteiger partial charge in [-0.2, -0.15) is 0 Å². The molecule has 0 saturated heterocycles. The highest BCUT2D eigenvalue weighted by Crippen LogP contribution is 2.47. The minimum absolute atomic E-state index is 0.378. The van der Waals surface area contributed by atoms with Crippen LogP contribution in [0.3, 0.4) is 0 Å². The van der Waals surface area contributed by atoms with Crippen molar-refractivity contribution in [3.63, 3.8) is 0 Å². The zero-order chi connectivity index (χ0) is 26.3. The average molecular weight is 574 g/mol. The smallest absolute Gasteiger partial charge is 0.347 e. The normalized spacial score (nSPS) is 12.2. The molecule has 5 aromatic rings. The lowest BCUT2D eigenvalue weighted by molar-refractivity contribution is -0.148. The Labute approximate surface area is 230 Å². The van der Waals surface area contributed by atoms with Crippen LogP contribution in [-0.2, 0) is 16.0 Å². The van der Waals surface area contributed by atoms with Gasteiger partial charge in [-0.15, -0.1) is 11.3 Å². The van der Waals surface area contributed by atoms with E-state index in [2.05, 4.69) is 66.2 Å². The Balaban J connectivity index is 1.64. The summed E-state index contributed by atoms with van der Waals surface area (Å²) in [4.78, 5) is 14.0. The van der Waals surface area contributed by atoms with Crippen molar-refractivity contribution in [1.82, 2.24) is 0 Å². The van der Waals surface area contributed by atoms with E-state index < -0.39 is 6.10 Å². The second kappa shape index (κ2) is 10.3. The second-order valence-electron chi connectivity index (χ2n) is 9.48. The van der Waals surface area contributed by atoms with E-state index in [1.165, 1.54) is 44.0 Å². The molecule has 4 aromatic carbocycles. The lowest BCUT2D eigenvalue weighted by atomic mass is 9.91. The van der Waals surface area contributed by atoms with Gasteiger partial charge in [-0.25, -0.2) is 4.79 Å². The molecule has 0 aliphatic carbocycles. The number of methoxy groups -OCH3 is 1. The van der Waals surface area contributed by atoms with Crippen LogP contribution in [0.25, 0.3) is 32.0 Å². The molecular formula is C32H29BrO3S. The van der Waals surface area contributed by atoms with Crippen molar-refractivity contribution in [2.45, 2.75) is 40.2 Å². The van der Waals surface area contributed by atoms with Gasteiger partial charge >= 0.3 is 5.97 Å². The first kappa shape index (κ1) is 25.5. The molecule has 5 heteroatoms. The molecule has 37 heavy (non-hydrogen) atoms. The maximum absolute atomic E-state index is 12.6. The zero-order valence-corrected chi connectivity index (χ0v) is 24.0. The fourth-order valence-electron chi connectivity index (χ4n) is 5.09. The Morgan fingerprint density at radius 2 is 1.54 bits per heavy atom. The molecule has 5 rings (SSSR count). The molecule has 1 aromatic heterocycles. The molecule has 0 saturated carbocycles. The Morgan fingerprint density at radius 3 is 2.19 bits per heavy atom. The Bertz CT molecular complexity index is 1610. The van der Waals surface area contributed by atoms with Crippen LogP contribution in [0.2, 0.25) is 0 Å². The summed E-state index contributed by atoms with van der Waals surface area (Å²) in [5.41, 5.74) is 6.70.